The number of benzene rings is 2. The maximum absolute atomic E-state index is 12.4. The topological polar surface area (TPSA) is 35.6 Å². The second-order valence-electron chi connectivity index (χ2n) is 6.90. The molecular weight excluding hydrogens is 346 g/mol. The maximum Gasteiger partial charge on any atom is 0.238 e. The molecule has 1 aliphatic rings. The van der Waals surface area contributed by atoms with E-state index in [0.717, 1.165) is 50.4 Å². The molecule has 0 unspecified atom stereocenters. The van der Waals surface area contributed by atoms with Gasteiger partial charge in [-0.3, -0.25) is 14.6 Å². The number of nitrogens with one attached hydrogen (secondary N) is 1. The average molecular weight is 372 g/mol. The largest absolute Gasteiger partial charge is 0.325 e. The first-order valence-electron chi connectivity index (χ1n) is 9.15. The molecule has 1 saturated heterocycles. The third-order valence-electron chi connectivity index (χ3n) is 4.76. The summed E-state index contributed by atoms with van der Waals surface area (Å²) in [6.07, 6.45) is 1.08. The van der Waals surface area contributed by atoms with Crippen molar-refractivity contribution in [2.24, 2.45) is 0 Å². The van der Waals surface area contributed by atoms with E-state index >= 15 is 0 Å². The molecule has 0 aliphatic carbocycles. The Kier molecular flexibility index (Phi) is 6.67. The third kappa shape index (κ3) is 5.56. The number of rotatable bonds is 5. The Balaban J connectivity index is 1.49. The molecule has 2 aromatic rings. The molecule has 138 valence electrons. The molecule has 4 nitrogen and oxygen atoms in total. The van der Waals surface area contributed by atoms with Gasteiger partial charge >= 0.3 is 0 Å². The molecular formula is C21H26ClN3O. The van der Waals surface area contributed by atoms with Gasteiger partial charge in [-0.05, 0) is 55.8 Å². The molecule has 1 N–H and O–H groups in total. The fraction of sp³-hybridized carbons (Fsp3) is 0.381. The minimum Gasteiger partial charge on any atom is -0.325 e. The number of carbonyl (C=O) groups excluding carboxylic acids is 1. The Morgan fingerprint density at radius 3 is 2.54 bits per heavy atom. The van der Waals surface area contributed by atoms with Crippen molar-refractivity contribution >= 4 is 23.2 Å². The minimum absolute atomic E-state index is 0.0342. The first-order valence-corrected chi connectivity index (χ1v) is 9.52. The molecule has 0 atom stereocenters. The molecule has 0 spiro atoms. The molecule has 0 radical (unpaired) electrons. The van der Waals surface area contributed by atoms with Gasteiger partial charge in [0.25, 0.3) is 0 Å². The van der Waals surface area contributed by atoms with Crippen LogP contribution >= 0.6 is 11.6 Å². The first kappa shape index (κ1) is 18.9. The second-order valence-corrected chi connectivity index (χ2v) is 7.34. The lowest BCUT2D eigenvalue weighted by Crippen LogP contribution is -2.36. The van der Waals surface area contributed by atoms with Gasteiger partial charge in [0.1, 0.15) is 0 Å². The zero-order valence-corrected chi connectivity index (χ0v) is 16.0. The van der Waals surface area contributed by atoms with E-state index in [-0.39, 0.29) is 5.91 Å². The van der Waals surface area contributed by atoms with Gasteiger partial charge in [0.2, 0.25) is 5.91 Å². The van der Waals surface area contributed by atoms with E-state index in [9.17, 15) is 4.79 Å². The molecule has 1 heterocycles. The van der Waals surface area contributed by atoms with E-state index in [4.69, 9.17) is 11.6 Å². The van der Waals surface area contributed by atoms with Crippen LogP contribution in [-0.4, -0.2) is 48.4 Å². The SMILES string of the molecule is Cc1cc(Cl)ccc1NC(=O)CN1CCCN(Cc2ccccc2)CC1. The number of carbonyl (C=O) groups is 1. The van der Waals surface area contributed by atoms with Crippen molar-refractivity contribution in [1.29, 1.82) is 0 Å². The van der Waals surface area contributed by atoms with E-state index in [1.165, 1.54) is 5.56 Å². The van der Waals surface area contributed by atoms with Crippen molar-refractivity contribution in [2.75, 3.05) is 38.0 Å². The highest BCUT2D eigenvalue weighted by atomic mass is 35.5. The van der Waals surface area contributed by atoms with Gasteiger partial charge in [-0.2, -0.15) is 0 Å². The predicted molar refractivity (Wildman–Crippen MR) is 108 cm³/mol. The summed E-state index contributed by atoms with van der Waals surface area (Å²) in [6.45, 7) is 7.30. The summed E-state index contributed by atoms with van der Waals surface area (Å²) in [4.78, 5) is 17.1. The second kappa shape index (κ2) is 9.17. The monoisotopic (exact) mass is 371 g/mol. The lowest BCUT2D eigenvalue weighted by molar-refractivity contribution is -0.117. The molecule has 26 heavy (non-hydrogen) atoms. The van der Waals surface area contributed by atoms with Crippen LogP contribution in [0.15, 0.2) is 48.5 Å². The predicted octanol–water partition coefficient (Wildman–Crippen LogP) is 3.79. The number of hydrogen-bond donors (Lipinski definition) is 1. The highest BCUT2D eigenvalue weighted by Gasteiger charge is 2.17. The van der Waals surface area contributed by atoms with Gasteiger partial charge in [-0.25, -0.2) is 0 Å². The number of anilines is 1. The van der Waals surface area contributed by atoms with Crippen LogP contribution < -0.4 is 5.32 Å². The van der Waals surface area contributed by atoms with E-state index in [0.29, 0.717) is 11.6 Å². The molecule has 2 aromatic carbocycles. The van der Waals surface area contributed by atoms with Crippen LogP contribution in [0.25, 0.3) is 0 Å². The number of aryl methyl sites for hydroxylation is 1. The summed E-state index contributed by atoms with van der Waals surface area (Å²) >= 11 is 5.97. The van der Waals surface area contributed by atoms with Gasteiger partial charge in [-0.15, -0.1) is 0 Å². The quantitative estimate of drug-likeness (QED) is 0.868. The standard InChI is InChI=1S/C21H26ClN3O/c1-17-14-19(22)8-9-20(17)23-21(26)16-25-11-5-10-24(12-13-25)15-18-6-3-2-4-7-18/h2-4,6-9,14H,5,10-13,15-16H2,1H3,(H,23,26). The van der Waals surface area contributed by atoms with Gasteiger partial charge in [0.05, 0.1) is 6.54 Å². The van der Waals surface area contributed by atoms with Gasteiger partial charge in [-0.1, -0.05) is 41.9 Å². The number of halogens is 1. The minimum atomic E-state index is 0.0342. The van der Waals surface area contributed by atoms with Crippen molar-refractivity contribution in [3.63, 3.8) is 0 Å². The summed E-state index contributed by atoms with van der Waals surface area (Å²) in [5, 5.41) is 3.69. The summed E-state index contributed by atoms with van der Waals surface area (Å²) < 4.78 is 0. The zero-order chi connectivity index (χ0) is 18.4. The lowest BCUT2D eigenvalue weighted by atomic mass is 10.2. The maximum atomic E-state index is 12.4. The van der Waals surface area contributed by atoms with Crippen molar-refractivity contribution in [1.82, 2.24) is 9.80 Å². The smallest absolute Gasteiger partial charge is 0.238 e. The van der Waals surface area contributed by atoms with Gasteiger partial charge < -0.3 is 5.32 Å². The van der Waals surface area contributed by atoms with Crippen molar-refractivity contribution in [2.45, 2.75) is 19.9 Å². The van der Waals surface area contributed by atoms with Crippen LogP contribution in [0.1, 0.15) is 17.5 Å². The van der Waals surface area contributed by atoms with Crippen LogP contribution in [0.4, 0.5) is 5.69 Å². The van der Waals surface area contributed by atoms with Crippen molar-refractivity contribution in [3.8, 4) is 0 Å². The van der Waals surface area contributed by atoms with Crippen LogP contribution in [-0.2, 0) is 11.3 Å². The summed E-state index contributed by atoms with van der Waals surface area (Å²) in [7, 11) is 0. The van der Waals surface area contributed by atoms with E-state index in [1.54, 1.807) is 6.07 Å². The third-order valence-corrected chi connectivity index (χ3v) is 4.99. The molecule has 1 fully saturated rings. The normalized spacial score (nSPS) is 16.2. The van der Waals surface area contributed by atoms with E-state index in [1.807, 2.05) is 19.1 Å². The Bertz CT molecular complexity index is 735. The molecule has 1 aliphatic heterocycles. The fourth-order valence-corrected chi connectivity index (χ4v) is 3.57. The van der Waals surface area contributed by atoms with Gasteiger partial charge in [0, 0.05) is 30.3 Å². The van der Waals surface area contributed by atoms with Crippen LogP contribution in [0.5, 0.6) is 0 Å². The summed E-state index contributed by atoms with van der Waals surface area (Å²) in [5.74, 6) is 0.0342. The number of hydrogen-bond acceptors (Lipinski definition) is 3. The van der Waals surface area contributed by atoms with Crippen molar-refractivity contribution < 1.29 is 4.79 Å². The molecule has 3 rings (SSSR count). The van der Waals surface area contributed by atoms with Crippen LogP contribution in [0.2, 0.25) is 5.02 Å². The Labute approximate surface area is 160 Å². The highest BCUT2D eigenvalue weighted by molar-refractivity contribution is 6.30. The number of amides is 1. The lowest BCUT2D eigenvalue weighted by Gasteiger charge is -2.21. The van der Waals surface area contributed by atoms with E-state index in [2.05, 4.69) is 45.4 Å². The van der Waals surface area contributed by atoms with Crippen LogP contribution in [0.3, 0.4) is 0 Å². The Morgan fingerprint density at radius 2 is 1.77 bits per heavy atom. The van der Waals surface area contributed by atoms with E-state index < -0.39 is 0 Å². The fourth-order valence-electron chi connectivity index (χ4n) is 3.34. The average Bonchev–Trinajstić information content (AvgIpc) is 2.84. The highest BCUT2D eigenvalue weighted by Crippen LogP contribution is 2.19. The first-order chi connectivity index (χ1) is 12.6. The molecule has 0 aromatic heterocycles. The summed E-state index contributed by atoms with van der Waals surface area (Å²) in [6, 6.07) is 16.1. The molecule has 5 heteroatoms. The molecule has 0 bridgehead atoms. The molecule has 1 amide bonds. The van der Waals surface area contributed by atoms with Crippen molar-refractivity contribution in [3.05, 3.63) is 64.7 Å². The molecule has 0 saturated carbocycles. The Morgan fingerprint density at radius 1 is 1.04 bits per heavy atom. The Hall–Kier alpha value is -1.88. The van der Waals surface area contributed by atoms with Crippen LogP contribution in [0, 0.1) is 6.92 Å². The zero-order valence-electron chi connectivity index (χ0n) is 15.2. The summed E-state index contributed by atoms with van der Waals surface area (Å²) in [5.41, 5.74) is 3.16. The van der Waals surface area contributed by atoms with Gasteiger partial charge in [0.15, 0.2) is 0 Å². The number of nitrogens with zero attached hydrogens (tertiary/aromatic N) is 2.